The van der Waals surface area contributed by atoms with Crippen LogP contribution in [0.25, 0.3) is 0 Å². The van der Waals surface area contributed by atoms with E-state index in [9.17, 15) is 0 Å². The predicted molar refractivity (Wildman–Crippen MR) is 63.0 cm³/mol. The number of nitrogens with zero attached hydrogens (tertiary/aromatic N) is 1. The number of hydrogen-bond donors (Lipinski definition) is 1. The molecule has 0 radical (unpaired) electrons. The Hall–Kier alpha value is -0.0800. The highest BCUT2D eigenvalue weighted by atomic mass is 15.2. The molecule has 2 nitrogen and oxygen atoms in total. The standard InChI is InChI=1S/C13H24N2/c1-2-4-12(5-3-1)14-13-10-15-8-6-11(13)7-9-15/h11-14H,1-10H2. The molecule has 3 aliphatic heterocycles. The Bertz CT molecular complexity index is 203. The zero-order valence-electron chi connectivity index (χ0n) is 9.75. The van der Waals surface area contributed by atoms with Crippen molar-refractivity contribution in [1.82, 2.24) is 10.2 Å². The van der Waals surface area contributed by atoms with Crippen LogP contribution in [-0.4, -0.2) is 36.6 Å². The minimum absolute atomic E-state index is 0.829. The van der Waals surface area contributed by atoms with Gasteiger partial charge in [0, 0.05) is 18.6 Å². The summed E-state index contributed by atoms with van der Waals surface area (Å²) in [5.74, 6) is 0.997. The lowest BCUT2D eigenvalue weighted by atomic mass is 9.83. The predicted octanol–water partition coefficient (Wildman–Crippen LogP) is 2.00. The van der Waals surface area contributed by atoms with E-state index in [2.05, 4.69) is 10.2 Å². The third-order valence-electron chi connectivity index (χ3n) is 4.71. The molecule has 0 amide bonds. The van der Waals surface area contributed by atoms with Crippen molar-refractivity contribution in [2.75, 3.05) is 19.6 Å². The van der Waals surface area contributed by atoms with Crippen LogP contribution >= 0.6 is 0 Å². The Morgan fingerprint density at radius 1 is 0.867 bits per heavy atom. The fraction of sp³-hybridized carbons (Fsp3) is 1.00. The van der Waals surface area contributed by atoms with Gasteiger partial charge in [-0.1, -0.05) is 19.3 Å². The highest BCUT2D eigenvalue weighted by Crippen LogP contribution is 2.29. The van der Waals surface area contributed by atoms with Crippen LogP contribution in [0.2, 0.25) is 0 Å². The van der Waals surface area contributed by atoms with Gasteiger partial charge >= 0.3 is 0 Å². The second-order valence-corrected chi connectivity index (χ2v) is 5.75. The van der Waals surface area contributed by atoms with Gasteiger partial charge in [-0.2, -0.15) is 0 Å². The van der Waals surface area contributed by atoms with Gasteiger partial charge in [0.1, 0.15) is 0 Å². The molecule has 0 aromatic rings. The summed E-state index contributed by atoms with van der Waals surface area (Å²) in [6, 6.07) is 1.68. The molecule has 3 heterocycles. The Kier molecular flexibility index (Phi) is 2.98. The Balaban J connectivity index is 1.54. The molecule has 1 aliphatic carbocycles. The maximum absolute atomic E-state index is 3.95. The Morgan fingerprint density at radius 3 is 2.20 bits per heavy atom. The zero-order valence-corrected chi connectivity index (χ0v) is 9.75. The van der Waals surface area contributed by atoms with E-state index in [1.165, 1.54) is 64.6 Å². The molecule has 4 fully saturated rings. The van der Waals surface area contributed by atoms with Gasteiger partial charge < -0.3 is 10.2 Å². The second-order valence-electron chi connectivity index (χ2n) is 5.75. The van der Waals surface area contributed by atoms with E-state index in [0.717, 1.165) is 18.0 Å². The first kappa shape index (κ1) is 10.1. The first-order valence-corrected chi connectivity index (χ1v) is 6.90. The molecule has 3 saturated heterocycles. The largest absolute Gasteiger partial charge is 0.310 e. The lowest BCUT2D eigenvalue weighted by Gasteiger charge is -2.46. The SMILES string of the molecule is C1CCC(NC2CN3CCC2CC3)CC1. The second kappa shape index (κ2) is 4.42. The van der Waals surface area contributed by atoms with Crippen molar-refractivity contribution < 1.29 is 0 Å². The number of piperidine rings is 3. The van der Waals surface area contributed by atoms with Gasteiger partial charge in [-0.15, -0.1) is 0 Å². The molecule has 15 heavy (non-hydrogen) atoms. The average Bonchev–Trinajstić information content (AvgIpc) is 2.32. The monoisotopic (exact) mass is 208 g/mol. The van der Waals surface area contributed by atoms with Crippen LogP contribution in [0.3, 0.4) is 0 Å². The van der Waals surface area contributed by atoms with E-state index >= 15 is 0 Å². The Morgan fingerprint density at radius 2 is 1.60 bits per heavy atom. The number of rotatable bonds is 2. The van der Waals surface area contributed by atoms with E-state index in [1.807, 2.05) is 0 Å². The van der Waals surface area contributed by atoms with Gasteiger partial charge in [-0.25, -0.2) is 0 Å². The van der Waals surface area contributed by atoms with Gasteiger partial charge in [0.25, 0.3) is 0 Å². The molecule has 4 rings (SSSR count). The quantitative estimate of drug-likeness (QED) is 0.747. The molecule has 4 aliphatic rings. The van der Waals surface area contributed by atoms with E-state index in [1.54, 1.807) is 0 Å². The maximum Gasteiger partial charge on any atom is 0.0226 e. The summed E-state index contributed by atoms with van der Waals surface area (Å²) in [5.41, 5.74) is 0. The third-order valence-corrected chi connectivity index (χ3v) is 4.71. The van der Waals surface area contributed by atoms with E-state index in [4.69, 9.17) is 0 Å². The smallest absolute Gasteiger partial charge is 0.0226 e. The van der Waals surface area contributed by atoms with Crippen LogP contribution in [0.1, 0.15) is 44.9 Å². The molecule has 0 aromatic carbocycles. The molecular weight excluding hydrogens is 184 g/mol. The molecule has 1 atom stereocenters. The van der Waals surface area contributed by atoms with Crippen molar-refractivity contribution in [1.29, 1.82) is 0 Å². The van der Waals surface area contributed by atoms with Crippen LogP contribution in [-0.2, 0) is 0 Å². The fourth-order valence-corrected chi connectivity index (χ4v) is 3.73. The van der Waals surface area contributed by atoms with Crippen LogP contribution in [0.15, 0.2) is 0 Å². The molecule has 1 N–H and O–H groups in total. The van der Waals surface area contributed by atoms with Gasteiger partial charge in [-0.3, -0.25) is 0 Å². The van der Waals surface area contributed by atoms with Gasteiger partial charge in [0.05, 0.1) is 0 Å². The van der Waals surface area contributed by atoms with Crippen molar-refractivity contribution >= 4 is 0 Å². The summed E-state index contributed by atoms with van der Waals surface area (Å²) in [5, 5.41) is 3.95. The molecule has 2 bridgehead atoms. The summed E-state index contributed by atoms with van der Waals surface area (Å²) in [7, 11) is 0. The van der Waals surface area contributed by atoms with E-state index in [0.29, 0.717) is 0 Å². The summed E-state index contributed by atoms with van der Waals surface area (Å²) in [4.78, 5) is 2.65. The summed E-state index contributed by atoms with van der Waals surface area (Å²) < 4.78 is 0. The molecule has 0 spiro atoms. The number of nitrogens with one attached hydrogen (secondary N) is 1. The average molecular weight is 208 g/mol. The topological polar surface area (TPSA) is 15.3 Å². The summed E-state index contributed by atoms with van der Waals surface area (Å²) in [6.07, 6.45) is 10.1. The van der Waals surface area contributed by atoms with Gasteiger partial charge in [0.15, 0.2) is 0 Å². The highest BCUT2D eigenvalue weighted by molar-refractivity contribution is 4.92. The third kappa shape index (κ3) is 2.21. The number of fused-ring (bicyclic) bond motifs is 3. The van der Waals surface area contributed by atoms with Crippen molar-refractivity contribution in [3.05, 3.63) is 0 Å². The van der Waals surface area contributed by atoms with Crippen LogP contribution in [0.4, 0.5) is 0 Å². The minimum Gasteiger partial charge on any atom is -0.310 e. The van der Waals surface area contributed by atoms with Crippen LogP contribution in [0, 0.1) is 5.92 Å². The van der Waals surface area contributed by atoms with Crippen LogP contribution in [0.5, 0.6) is 0 Å². The van der Waals surface area contributed by atoms with Crippen molar-refractivity contribution in [2.24, 2.45) is 5.92 Å². The summed E-state index contributed by atoms with van der Waals surface area (Å²) in [6.45, 7) is 4.07. The molecule has 86 valence electrons. The first-order valence-electron chi connectivity index (χ1n) is 6.90. The fourth-order valence-electron chi connectivity index (χ4n) is 3.73. The highest BCUT2D eigenvalue weighted by Gasteiger charge is 2.34. The van der Waals surface area contributed by atoms with Crippen molar-refractivity contribution in [3.63, 3.8) is 0 Å². The van der Waals surface area contributed by atoms with Crippen LogP contribution < -0.4 is 5.32 Å². The first-order chi connectivity index (χ1) is 7.42. The van der Waals surface area contributed by atoms with E-state index < -0.39 is 0 Å². The zero-order chi connectivity index (χ0) is 10.1. The molecular formula is C13H24N2. The summed E-state index contributed by atoms with van der Waals surface area (Å²) >= 11 is 0. The minimum atomic E-state index is 0.829. The molecule has 0 aromatic heterocycles. The van der Waals surface area contributed by atoms with Crippen molar-refractivity contribution in [3.8, 4) is 0 Å². The normalized spacial score (nSPS) is 42.0. The number of hydrogen-bond acceptors (Lipinski definition) is 2. The lowest BCUT2D eigenvalue weighted by molar-refractivity contribution is 0.0641. The van der Waals surface area contributed by atoms with Gasteiger partial charge in [0.2, 0.25) is 0 Å². The van der Waals surface area contributed by atoms with E-state index in [-0.39, 0.29) is 0 Å². The maximum atomic E-state index is 3.95. The molecule has 1 saturated carbocycles. The lowest BCUT2D eigenvalue weighted by Crippen LogP contribution is -2.58. The molecule has 1 unspecified atom stereocenters. The van der Waals surface area contributed by atoms with Gasteiger partial charge in [-0.05, 0) is 44.7 Å². The molecule has 2 heteroatoms. The Labute approximate surface area is 93.4 Å². The van der Waals surface area contributed by atoms with Crippen molar-refractivity contribution in [2.45, 2.75) is 57.0 Å².